The second-order valence-corrected chi connectivity index (χ2v) is 6.95. The molecule has 0 fully saturated rings. The second-order valence-electron chi connectivity index (χ2n) is 6.95. The van der Waals surface area contributed by atoms with Gasteiger partial charge in [-0.3, -0.25) is 9.59 Å². The van der Waals surface area contributed by atoms with Crippen LogP contribution in [0.5, 0.6) is 0 Å². The summed E-state index contributed by atoms with van der Waals surface area (Å²) in [6.45, 7) is 6.47. The van der Waals surface area contributed by atoms with Gasteiger partial charge in [0.1, 0.15) is 5.41 Å². The number of unbranched alkanes of at least 4 members (excludes halogenated alkanes) is 1. The SMILES string of the molecule is CCCCNC(=O)C(C)(C)C(=O)N(Cc1ccccc1)c1ccccc1. The van der Waals surface area contributed by atoms with E-state index in [4.69, 9.17) is 0 Å². The van der Waals surface area contributed by atoms with Crippen molar-refractivity contribution in [3.05, 3.63) is 66.2 Å². The van der Waals surface area contributed by atoms with E-state index in [9.17, 15) is 9.59 Å². The molecule has 1 N–H and O–H groups in total. The van der Waals surface area contributed by atoms with Crippen molar-refractivity contribution in [2.24, 2.45) is 5.41 Å². The van der Waals surface area contributed by atoms with Crippen molar-refractivity contribution in [3.8, 4) is 0 Å². The smallest absolute Gasteiger partial charge is 0.242 e. The zero-order valence-electron chi connectivity index (χ0n) is 15.9. The van der Waals surface area contributed by atoms with Crippen LogP contribution in [0.2, 0.25) is 0 Å². The number of para-hydroxylation sites is 1. The summed E-state index contributed by atoms with van der Waals surface area (Å²) in [7, 11) is 0. The molecule has 0 heterocycles. The average molecular weight is 352 g/mol. The normalized spacial score (nSPS) is 11.0. The fourth-order valence-corrected chi connectivity index (χ4v) is 2.69. The second kappa shape index (κ2) is 9.18. The summed E-state index contributed by atoms with van der Waals surface area (Å²) in [4.78, 5) is 27.6. The van der Waals surface area contributed by atoms with E-state index in [0.29, 0.717) is 13.1 Å². The van der Waals surface area contributed by atoms with Crippen molar-refractivity contribution >= 4 is 17.5 Å². The molecule has 0 aliphatic heterocycles. The highest BCUT2D eigenvalue weighted by molar-refractivity contribution is 6.10. The first-order valence-electron chi connectivity index (χ1n) is 9.16. The summed E-state index contributed by atoms with van der Waals surface area (Å²) in [5.74, 6) is -0.438. The van der Waals surface area contributed by atoms with E-state index < -0.39 is 5.41 Å². The minimum atomic E-state index is -1.14. The lowest BCUT2D eigenvalue weighted by Gasteiger charge is -2.31. The van der Waals surface area contributed by atoms with Crippen LogP contribution < -0.4 is 10.2 Å². The van der Waals surface area contributed by atoms with E-state index in [0.717, 1.165) is 24.1 Å². The van der Waals surface area contributed by atoms with Crippen LogP contribution in [0.25, 0.3) is 0 Å². The van der Waals surface area contributed by atoms with Crippen molar-refractivity contribution in [1.29, 1.82) is 0 Å². The molecule has 0 saturated heterocycles. The number of nitrogens with one attached hydrogen (secondary N) is 1. The summed E-state index contributed by atoms with van der Waals surface area (Å²) in [5.41, 5.74) is 0.668. The summed E-state index contributed by atoms with van der Waals surface area (Å²) in [6.07, 6.45) is 1.90. The predicted molar refractivity (Wildman–Crippen MR) is 106 cm³/mol. The lowest BCUT2D eigenvalue weighted by molar-refractivity contribution is -0.139. The van der Waals surface area contributed by atoms with Gasteiger partial charge in [0.2, 0.25) is 11.8 Å². The third kappa shape index (κ3) is 4.94. The number of carbonyl (C=O) groups excluding carboxylic acids is 2. The van der Waals surface area contributed by atoms with Gasteiger partial charge < -0.3 is 10.2 Å². The molecule has 0 aromatic heterocycles. The van der Waals surface area contributed by atoms with E-state index in [1.54, 1.807) is 18.7 Å². The maximum absolute atomic E-state index is 13.3. The van der Waals surface area contributed by atoms with Crippen LogP contribution in [0.4, 0.5) is 5.69 Å². The zero-order chi connectivity index (χ0) is 19.0. The molecule has 138 valence electrons. The van der Waals surface area contributed by atoms with Gasteiger partial charge in [0.05, 0.1) is 6.54 Å². The highest BCUT2D eigenvalue weighted by Gasteiger charge is 2.39. The van der Waals surface area contributed by atoms with Crippen LogP contribution >= 0.6 is 0 Å². The molecule has 0 aliphatic carbocycles. The Hall–Kier alpha value is -2.62. The monoisotopic (exact) mass is 352 g/mol. The molecule has 26 heavy (non-hydrogen) atoms. The van der Waals surface area contributed by atoms with E-state index in [-0.39, 0.29) is 11.8 Å². The minimum Gasteiger partial charge on any atom is -0.355 e. The van der Waals surface area contributed by atoms with Gasteiger partial charge in [-0.2, -0.15) is 0 Å². The Kier molecular flexibility index (Phi) is 6.96. The van der Waals surface area contributed by atoms with Gasteiger partial charge in [-0.1, -0.05) is 61.9 Å². The fourth-order valence-electron chi connectivity index (χ4n) is 2.69. The zero-order valence-corrected chi connectivity index (χ0v) is 15.9. The molecule has 4 nitrogen and oxygen atoms in total. The first-order chi connectivity index (χ1) is 12.5. The van der Waals surface area contributed by atoms with Gasteiger partial charge in [-0.05, 0) is 38.0 Å². The van der Waals surface area contributed by atoms with E-state index in [2.05, 4.69) is 12.2 Å². The van der Waals surface area contributed by atoms with Crippen LogP contribution in [0.15, 0.2) is 60.7 Å². The molecule has 2 rings (SSSR count). The molecule has 0 spiro atoms. The predicted octanol–water partition coefficient (Wildman–Crippen LogP) is 4.16. The highest BCUT2D eigenvalue weighted by atomic mass is 16.2. The van der Waals surface area contributed by atoms with Crippen LogP contribution in [0.3, 0.4) is 0 Å². The largest absolute Gasteiger partial charge is 0.355 e. The van der Waals surface area contributed by atoms with Crippen molar-refractivity contribution in [3.63, 3.8) is 0 Å². The molecule has 2 amide bonds. The van der Waals surface area contributed by atoms with Crippen molar-refractivity contribution in [2.75, 3.05) is 11.4 Å². The number of hydrogen-bond acceptors (Lipinski definition) is 2. The molecule has 0 aliphatic rings. The fraction of sp³-hybridized carbons (Fsp3) is 0.364. The Morgan fingerprint density at radius 3 is 2.12 bits per heavy atom. The van der Waals surface area contributed by atoms with Crippen LogP contribution in [-0.4, -0.2) is 18.4 Å². The van der Waals surface area contributed by atoms with Gasteiger partial charge in [0, 0.05) is 12.2 Å². The quantitative estimate of drug-likeness (QED) is 0.573. The van der Waals surface area contributed by atoms with Crippen LogP contribution in [0, 0.1) is 5.41 Å². The van der Waals surface area contributed by atoms with E-state index in [1.807, 2.05) is 60.7 Å². The number of rotatable bonds is 8. The lowest BCUT2D eigenvalue weighted by atomic mass is 9.89. The maximum atomic E-state index is 13.3. The van der Waals surface area contributed by atoms with Gasteiger partial charge in [-0.15, -0.1) is 0 Å². The standard InChI is InChI=1S/C22H28N2O2/c1-4-5-16-23-20(25)22(2,3)21(26)24(19-14-10-7-11-15-19)17-18-12-8-6-9-13-18/h6-15H,4-5,16-17H2,1-3H3,(H,23,25). The molecule has 0 bridgehead atoms. The van der Waals surface area contributed by atoms with Crippen LogP contribution in [0.1, 0.15) is 39.2 Å². The molecular formula is C22H28N2O2. The molecule has 0 radical (unpaired) electrons. The number of nitrogens with zero attached hydrogens (tertiary/aromatic N) is 1. The van der Waals surface area contributed by atoms with Gasteiger partial charge in [0.15, 0.2) is 0 Å². The molecule has 4 heteroatoms. The lowest BCUT2D eigenvalue weighted by Crippen LogP contribution is -2.49. The van der Waals surface area contributed by atoms with Gasteiger partial charge in [-0.25, -0.2) is 0 Å². The van der Waals surface area contributed by atoms with Crippen molar-refractivity contribution < 1.29 is 9.59 Å². The average Bonchev–Trinajstić information content (AvgIpc) is 2.67. The van der Waals surface area contributed by atoms with E-state index in [1.165, 1.54) is 0 Å². The Bertz CT molecular complexity index is 711. The van der Waals surface area contributed by atoms with Gasteiger partial charge >= 0.3 is 0 Å². The molecule has 0 unspecified atom stereocenters. The highest BCUT2D eigenvalue weighted by Crippen LogP contribution is 2.26. The Labute approximate surface area is 156 Å². The summed E-state index contributed by atoms with van der Waals surface area (Å²) in [6, 6.07) is 19.3. The van der Waals surface area contributed by atoms with E-state index >= 15 is 0 Å². The van der Waals surface area contributed by atoms with Crippen LogP contribution in [-0.2, 0) is 16.1 Å². The number of hydrogen-bond donors (Lipinski definition) is 1. The summed E-state index contributed by atoms with van der Waals surface area (Å²) in [5, 5.41) is 2.89. The van der Waals surface area contributed by atoms with Crippen molar-refractivity contribution in [2.45, 2.75) is 40.2 Å². The Morgan fingerprint density at radius 2 is 1.54 bits per heavy atom. The first kappa shape index (κ1) is 19.7. The minimum absolute atomic E-state index is 0.207. The third-order valence-electron chi connectivity index (χ3n) is 4.41. The topological polar surface area (TPSA) is 49.4 Å². The molecule has 0 atom stereocenters. The first-order valence-corrected chi connectivity index (χ1v) is 9.16. The summed E-state index contributed by atoms with van der Waals surface area (Å²) >= 11 is 0. The Balaban J connectivity index is 2.26. The molecule has 2 aromatic carbocycles. The third-order valence-corrected chi connectivity index (χ3v) is 4.41. The molecule has 2 aromatic rings. The number of carbonyl (C=O) groups is 2. The number of anilines is 1. The summed E-state index contributed by atoms with van der Waals surface area (Å²) < 4.78 is 0. The number of benzene rings is 2. The van der Waals surface area contributed by atoms with Gasteiger partial charge in [0.25, 0.3) is 0 Å². The Morgan fingerprint density at radius 1 is 0.962 bits per heavy atom. The number of amides is 2. The molecular weight excluding hydrogens is 324 g/mol. The molecule has 0 saturated carbocycles. The maximum Gasteiger partial charge on any atom is 0.242 e. The van der Waals surface area contributed by atoms with Crippen molar-refractivity contribution in [1.82, 2.24) is 5.32 Å².